The van der Waals surface area contributed by atoms with E-state index in [1.165, 1.54) is 19.2 Å². The third kappa shape index (κ3) is 7.72. The number of nitrogens with one attached hydrogen (secondary N) is 1. The number of sulfonamides is 1. The Morgan fingerprint density at radius 2 is 1.53 bits per heavy atom. The van der Waals surface area contributed by atoms with Crippen LogP contribution in [0.15, 0.2) is 53.4 Å². The summed E-state index contributed by atoms with van der Waals surface area (Å²) in [7, 11) is -2.65. The second-order valence-corrected chi connectivity index (χ2v) is 12.1. The van der Waals surface area contributed by atoms with Gasteiger partial charge in [0.25, 0.3) is 15.9 Å². The molecule has 2 aromatic carbocycles. The molecule has 0 radical (unpaired) electrons. The number of aromatic nitrogens is 2. The lowest BCUT2D eigenvalue weighted by Gasteiger charge is -2.20. The molecule has 0 fully saturated rings. The minimum absolute atomic E-state index is 0.00730. The van der Waals surface area contributed by atoms with Crippen molar-refractivity contribution < 1.29 is 32.5 Å². The molecule has 0 amide bonds. The Labute approximate surface area is 224 Å². The summed E-state index contributed by atoms with van der Waals surface area (Å²) < 4.78 is 51.7. The van der Waals surface area contributed by atoms with Crippen molar-refractivity contribution in [3.63, 3.8) is 0 Å². The predicted octanol–water partition coefficient (Wildman–Crippen LogP) is 5.28. The monoisotopic (exact) mass is 545 g/mol. The van der Waals surface area contributed by atoms with Crippen LogP contribution in [0.25, 0.3) is 0 Å². The molecule has 2 N–H and O–H groups in total. The normalized spacial score (nSPS) is 12.2. The maximum Gasteiger partial charge on any atom is 0.319 e. The Bertz CT molecular complexity index is 1350. The number of nitrogens with zero attached hydrogens (tertiary/aromatic N) is 2. The lowest BCUT2D eigenvalue weighted by molar-refractivity contribution is -0.0170. The van der Waals surface area contributed by atoms with E-state index in [2.05, 4.69) is 14.7 Å². The minimum Gasteiger partial charge on any atom is -0.493 e. The number of hydrogen-bond acceptors (Lipinski definition) is 9. The highest BCUT2D eigenvalue weighted by molar-refractivity contribution is 7.92. The molecule has 3 aromatic rings. The van der Waals surface area contributed by atoms with E-state index < -0.39 is 21.6 Å². The standard InChI is InChI=1S/C27H35N3O7S/c1-26(2,3)18-12-14-19(15-13-18)38(32,33)30-23-22(37-21-11-9-8-10-20(21)34-7)24(29-25(31)28-23)35-16-17-36-27(4,5)6/h8-15H,16-17H2,1-7H3,(H2,28,29,30,31). The molecule has 1 heterocycles. The number of aromatic hydroxyl groups is 1. The molecule has 206 valence electrons. The molecule has 0 aliphatic carbocycles. The average molecular weight is 546 g/mol. The molecule has 38 heavy (non-hydrogen) atoms. The second kappa shape index (κ2) is 11.4. The number of rotatable bonds is 10. The van der Waals surface area contributed by atoms with E-state index >= 15 is 0 Å². The fourth-order valence-electron chi connectivity index (χ4n) is 3.30. The van der Waals surface area contributed by atoms with Gasteiger partial charge in [0.1, 0.15) is 6.61 Å². The zero-order chi connectivity index (χ0) is 28.1. The molecule has 0 spiro atoms. The molecular formula is C27H35N3O7S. The van der Waals surface area contributed by atoms with Crippen molar-refractivity contribution in [1.82, 2.24) is 9.97 Å². The van der Waals surface area contributed by atoms with E-state index in [0.29, 0.717) is 5.75 Å². The van der Waals surface area contributed by atoms with Gasteiger partial charge in [-0.1, -0.05) is 45.0 Å². The van der Waals surface area contributed by atoms with Gasteiger partial charge in [-0.2, -0.15) is 9.97 Å². The molecule has 0 saturated carbocycles. The summed E-state index contributed by atoms with van der Waals surface area (Å²) in [5.74, 6) is -0.00101. The van der Waals surface area contributed by atoms with Crippen LogP contribution in [0.5, 0.6) is 29.1 Å². The molecule has 1 aromatic heterocycles. The first kappa shape index (κ1) is 29.0. The lowest BCUT2D eigenvalue weighted by atomic mass is 9.87. The maximum atomic E-state index is 13.3. The molecule has 0 aliphatic rings. The first-order valence-electron chi connectivity index (χ1n) is 12.0. The average Bonchev–Trinajstić information content (AvgIpc) is 2.82. The molecule has 11 heteroatoms. The van der Waals surface area contributed by atoms with Gasteiger partial charge >= 0.3 is 6.01 Å². The van der Waals surface area contributed by atoms with Crippen molar-refractivity contribution in [3.05, 3.63) is 54.1 Å². The zero-order valence-corrected chi connectivity index (χ0v) is 23.5. The van der Waals surface area contributed by atoms with Gasteiger partial charge in [-0.25, -0.2) is 8.42 Å². The van der Waals surface area contributed by atoms with E-state index in [0.717, 1.165) is 5.56 Å². The smallest absolute Gasteiger partial charge is 0.319 e. The Morgan fingerprint density at radius 1 is 0.895 bits per heavy atom. The minimum atomic E-state index is -4.13. The van der Waals surface area contributed by atoms with Crippen LogP contribution in [0.1, 0.15) is 47.1 Å². The molecule has 0 saturated heterocycles. The van der Waals surface area contributed by atoms with Gasteiger partial charge in [0.15, 0.2) is 17.3 Å². The van der Waals surface area contributed by atoms with Gasteiger partial charge in [0, 0.05) is 0 Å². The summed E-state index contributed by atoms with van der Waals surface area (Å²) >= 11 is 0. The van der Waals surface area contributed by atoms with Crippen molar-refractivity contribution in [2.75, 3.05) is 25.0 Å². The predicted molar refractivity (Wildman–Crippen MR) is 144 cm³/mol. The molecule has 0 atom stereocenters. The number of benzene rings is 2. The SMILES string of the molecule is COc1ccccc1Oc1c(NS(=O)(=O)c2ccc(C(C)(C)C)cc2)nc(O)nc1OCCOC(C)(C)C. The zero-order valence-electron chi connectivity index (χ0n) is 22.7. The van der Waals surface area contributed by atoms with Gasteiger partial charge in [-0.3, -0.25) is 4.72 Å². The maximum absolute atomic E-state index is 13.3. The van der Waals surface area contributed by atoms with Gasteiger partial charge in [0.05, 0.1) is 24.2 Å². The molecule has 3 rings (SSSR count). The quantitative estimate of drug-likeness (QED) is 0.327. The molecule has 0 aliphatic heterocycles. The van der Waals surface area contributed by atoms with Crippen LogP contribution in [0.3, 0.4) is 0 Å². The van der Waals surface area contributed by atoms with E-state index in [1.807, 2.05) is 41.5 Å². The molecule has 10 nitrogen and oxygen atoms in total. The summed E-state index contributed by atoms with van der Waals surface area (Å²) in [5.41, 5.74) is 0.439. The number of para-hydroxylation sites is 2. The Morgan fingerprint density at radius 3 is 2.11 bits per heavy atom. The van der Waals surface area contributed by atoms with Crippen LogP contribution in [-0.4, -0.2) is 49.4 Å². The van der Waals surface area contributed by atoms with Gasteiger partial charge in [0.2, 0.25) is 5.75 Å². The number of hydrogen-bond donors (Lipinski definition) is 2. The number of methoxy groups -OCH3 is 1. The van der Waals surface area contributed by atoms with Gasteiger partial charge in [-0.05, 0) is 56.0 Å². The molecule has 0 bridgehead atoms. The van der Waals surface area contributed by atoms with E-state index in [1.54, 1.807) is 36.4 Å². The van der Waals surface area contributed by atoms with E-state index in [4.69, 9.17) is 18.9 Å². The highest BCUT2D eigenvalue weighted by Crippen LogP contribution is 2.41. The van der Waals surface area contributed by atoms with Crippen molar-refractivity contribution in [3.8, 4) is 29.1 Å². The third-order valence-corrected chi connectivity index (χ3v) is 6.58. The summed E-state index contributed by atoms with van der Waals surface area (Å²) in [6.07, 6.45) is 0. The summed E-state index contributed by atoms with van der Waals surface area (Å²) in [5, 5.41) is 10.2. The van der Waals surface area contributed by atoms with E-state index in [-0.39, 0.29) is 46.7 Å². The summed E-state index contributed by atoms with van der Waals surface area (Å²) in [6.45, 7) is 12.1. The van der Waals surface area contributed by atoms with Crippen molar-refractivity contribution in [2.24, 2.45) is 0 Å². The Balaban J connectivity index is 2.00. The van der Waals surface area contributed by atoms with Gasteiger partial charge in [-0.15, -0.1) is 0 Å². The Kier molecular flexibility index (Phi) is 8.73. The van der Waals surface area contributed by atoms with Crippen LogP contribution in [-0.2, 0) is 20.2 Å². The van der Waals surface area contributed by atoms with Crippen LogP contribution in [0, 0.1) is 0 Å². The lowest BCUT2D eigenvalue weighted by Crippen LogP contribution is -2.22. The first-order chi connectivity index (χ1) is 17.7. The Hall–Kier alpha value is -3.57. The van der Waals surface area contributed by atoms with Crippen LogP contribution in [0.4, 0.5) is 5.82 Å². The third-order valence-electron chi connectivity index (χ3n) is 5.22. The second-order valence-electron chi connectivity index (χ2n) is 10.4. The van der Waals surface area contributed by atoms with Crippen LogP contribution in [0.2, 0.25) is 0 Å². The fraction of sp³-hybridized carbons (Fsp3) is 0.407. The van der Waals surface area contributed by atoms with Crippen molar-refractivity contribution in [1.29, 1.82) is 0 Å². The number of ether oxygens (including phenoxy) is 4. The molecular weight excluding hydrogens is 510 g/mol. The summed E-state index contributed by atoms with van der Waals surface area (Å²) in [4.78, 5) is 7.83. The van der Waals surface area contributed by atoms with Crippen molar-refractivity contribution in [2.45, 2.75) is 57.5 Å². The molecule has 0 unspecified atom stereocenters. The van der Waals surface area contributed by atoms with Crippen molar-refractivity contribution >= 4 is 15.8 Å². The first-order valence-corrected chi connectivity index (χ1v) is 13.5. The highest BCUT2D eigenvalue weighted by atomic mass is 32.2. The fourth-order valence-corrected chi connectivity index (χ4v) is 4.30. The largest absolute Gasteiger partial charge is 0.493 e. The van der Waals surface area contributed by atoms with Crippen LogP contribution >= 0.6 is 0 Å². The highest BCUT2D eigenvalue weighted by Gasteiger charge is 2.25. The summed E-state index contributed by atoms with van der Waals surface area (Å²) in [6, 6.07) is 12.6. The number of anilines is 1. The van der Waals surface area contributed by atoms with E-state index in [9.17, 15) is 13.5 Å². The van der Waals surface area contributed by atoms with Gasteiger partial charge < -0.3 is 24.1 Å². The van der Waals surface area contributed by atoms with Crippen LogP contribution < -0.4 is 18.9 Å². The topological polar surface area (TPSA) is 129 Å².